The van der Waals surface area contributed by atoms with Gasteiger partial charge < -0.3 is 18.9 Å². The fraction of sp³-hybridized carbons (Fsp3) is 0.455. The first-order valence-corrected chi connectivity index (χ1v) is 9.38. The molecule has 1 aromatic rings. The van der Waals surface area contributed by atoms with Gasteiger partial charge in [-0.2, -0.15) is 0 Å². The van der Waals surface area contributed by atoms with E-state index in [0.29, 0.717) is 36.5 Å². The monoisotopic (exact) mass is 386 g/mol. The molecule has 1 aliphatic carbocycles. The van der Waals surface area contributed by atoms with Crippen LogP contribution in [0.3, 0.4) is 0 Å². The summed E-state index contributed by atoms with van der Waals surface area (Å²) in [4.78, 5) is 23.7. The van der Waals surface area contributed by atoms with Gasteiger partial charge in [0, 0.05) is 18.9 Å². The maximum Gasteiger partial charge on any atom is 0.308 e. The molecule has 0 amide bonds. The van der Waals surface area contributed by atoms with Gasteiger partial charge in [-0.25, -0.2) is 0 Å². The van der Waals surface area contributed by atoms with E-state index in [4.69, 9.17) is 18.9 Å². The SMILES string of the molecule is C=CCC1C[C@]2(C(C)Cc3ccc(OC)c(OC(C)=O)c3)OCOC2=CC1=O. The van der Waals surface area contributed by atoms with Gasteiger partial charge in [-0.05, 0) is 42.9 Å². The number of allylic oxidation sites excluding steroid dienone is 2. The lowest BCUT2D eigenvalue weighted by atomic mass is 9.71. The van der Waals surface area contributed by atoms with E-state index < -0.39 is 11.6 Å². The zero-order valence-electron chi connectivity index (χ0n) is 16.5. The molecular weight excluding hydrogens is 360 g/mol. The van der Waals surface area contributed by atoms with Gasteiger partial charge in [0.25, 0.3) is 0 Å². The molecular formula is C22H26O6. The summed E-state index contributed by atoms with van der Waals surface area (Å²) in [6, 6.07) is 5.53. The first-order chi connectivity index (χ1) is 13.4. The van der Waals surface area contributed by atoms with E-state index >= 15 is 0 Å². The number of ether oxygens (including phenoxy) is 4. The van der Waals surface area contributed by atoms with Gasteiger partial charge in [0.1, 0.15) is 11.4 Å². The molecule has 0 aromatic heterocycles. The van der Waals surface area contributed by atoms with Crippen molar-refractivity contribution in [2.75, 3.05) is 13.9 Å². The predicted molar refractivity (Wildman–Crippen MR) is 103 cm³/mol. The third-order valence-corrected chi connectivity index (χ3v) is 5.44. The molecule has 0 radical (unpaired) electrons. The molecule has 2 unspecified atom stereocenters. The summed E-state index contributed by atoms with van der Waals surface area (Å²) in [6.45, 7) is 7.34. The van der Waals surface area contributed by atoms with Crippen LogP contribution in [0, 0.1) is 11.8 Å². The van der Waals surface area contributed by atoms with E-state index in [0.717, 1.165) is 5.56 Å². The summed E-state index contributed by atoms with van der Waals surface area (Å²) in [5, 5.41) is 0. The standard InChI is InChI=1S/C22H26O6/c1-5-6-17-12-22(21(11-18(17)24)26-13-27-22)14(2)9-16-7-8-19(25-4)20(10-16)28-15(3)23/h5,7-8,10-11,14,17H,1,6,9,12-13H2,2-4H3/t14?,17?,22-/m1/s1. The Bertz CT molecular complexity index is 811. The third kappa shape index (κ3) is 3.83. The van der Waals surface area contributed by atoms with E-state index in [-0.39, 0.29) is 24.4 Å². The van der Waals surface area contributed by atoms with E-state index in [9.17, 15) is 9.59 Å². The molecule has 1 saturated heterocycles. The molecule has 0 saturated carbocycles. The number of benzene rings is 1. The number of carbonyl (C=O) groups excluding carboxylic acids is 2. The summed E-state index contributed by atoms with van der Waals surface area (Å²) in [6.07, 6.45) is 5.19. The molecule has 0 N–H and O–H groups in total. The quantitative estimate of drug-likeness (QED) is 0.405. The van der Waals surface area contributed by atoms with Crippen LogP contribution in [0.15, 0.2) is 42.7 Å². The second-order valence-electron chi connectivity index (χ2n) is 7.32. The van der Waals surface area contributed by atoms with Crippen LogP contribution in [0.2, 0.25) is 0 Å². The van der Waals surface area contributed by atoms with Gasteiger partial charge in [-0.1, -0.05) is 19.1 Å². The molecule has 3 atom stereocenters. The maximum absolute atomic E-state index is 12.3. The maximum atomic E-state index is 12.3. The summed E-state index contributed by atoms with van der Waals surface area (Å²) in [5.41, 5.74) is 0.342. The first-order valence-electron chi connectivity index (χ1n) is 9.38. The second-order valence-corrected chi connectivity index (χ2v) is 7.32. The molecule has 1 aliphatic heterocycles. The van der Waals surface area contributed by atoms with Gasteiger partial charge in [0.05, 0.1) is 7.11 Å². The minimum Gasteiger partial charge on any atom is -0.493 e. The highest BCUT2D eigenvalue weighted by atomic mass is 16.7. The van der Waals surface area contributed by atoms with Crippen molar-refractivity contribution in [3.8, 4) is 11.5 Å². The summed E-state index contributed by atoms with van der Waals surface area (Å²) < 4.78 is 22.2. The lowest BCUT2D eigenvalue weighted by Crippen LogP contribution is -2.44. The Hall–Kier alpha value is -2.60. The van der Waals surface area contributed by atoms with Crippen LogP contribution in [0.5, 0.6) is 11.5 Å². The smallest absolute Gasteiger partial charge is 0.308 e. The highest BCUT2D eigenvalue weighted by Crippen LogP contribution is 2.46. The Kier molecular flexibility index (Phi) is 5.89. The lowest BCUT2D eigenvalue weighted by Gasteiger charge is -2.38. The van der Waals surface area contributed by atoms with E-state index in [1.165, 1.54) is 14.0 Å². The Balaban J connectivity index is 1.86. The second kappa shape index (κ2) is 8.19. The Morgan fingerprint density at radius 3 is 2.89 bits per heavy atom. The summed E-state index contributed by atoms with van der Waals surface area (Å²) in [5.74, 6) is 1.04. The number of methoxy groups -OCH3 is 1. The Morgan fingerprint density at radius 2 is 2.21 bits per heavy atom. The zero-order chi connectivity index (χ0) is 20.3. The average Bonchev–Trinajstić information content (AvgIpc) is 3.06. The van der Waals surface area contributed by atoms with Crippen LogP contribution in [0.4, 0.5) is 0 Å². The molecule has 28 heavy (non-hydrogen) atoms. The first kappa shape index (κ1) is 20.1. The van der Waals surface area contributed by atoms with Gasteiger partial charge in [0.2, 0.25) is 0 Å². The average molecular weight is 386 g/mol. The molecule has 0 bridgehead atoms. The fourth-order valence-corrected chi connectivity index (χ4v) is 4.02. The number of ketones is 1. The van der Waals surface area contributed by atoms with Crippen molar-refractivity contribution in [1.82, 2.24) is 0 Å². The van der Waals surface area contributed by atoms with Crippen LogP contribution in [-0.4, -0.2) is 31.3 Å². The Labute approximate surface area is 165 Å². The normalized spacial score (nSPS) is 24.6. The topological polar surface area (TPSA) is 71.1 Å². The number of hydrogen-bond acceptors (Lipinski definition) is 6. The Morgan fingerprint density at radius 1 is 1.43 bits per heavy atom. The predicted octanol–water partition coefficient (Wildman–Crippen LogP) is 3.59. The molecule has 6 nitrogen and oxygen atoms in total. The van der Waals surface area contributed by atoms with Crippen molar-refractivity contribution < 1.29 is 28.5 Å². The minimum atomic E-state index is -0.636. The van der Waals surface area contributed by atoms with E-state index in [1.54, 1.807) is 18.2 Å². The largest absolute Gasteiger partial charge is 0.493 e. The van der Waals surface area contributed by atoms with Crippen LogP contribution in [0.1, 0.15) is 32.3 Å². The number of fused-ring (bicyclic) bond motifs is 1. The molecule has 150 valence electrons. The van der Waals surface area contributed by atoms with Gasteiger partial charge in [-0.15, -0.1) is 6.58 Å². The summed E-state index contributed by atoms with van der Waals surface area (Å²) >= 11 is 0. The zero-order valence-corrected chi connectivity index (χ0v) is 16.5. The number of carbonyl (C=O) groups is 2. The van der Waals surface area contributed by atoms with Crippen molar-refractivity contribution in [2.45, 2.75) is 38.7 Å². The molecule has 6 heteroatoms. The van der Waals surface area contributed by atoms with Crippen LogP contribution in [0.25, 0.3) is 0 Å². The molecule has 1 aromatic carbocycles. The highest BCUT2D eigenvalue weighted by molar-refractivity contribution is 5.93. The fourth-order valence-electron chi connectivity index (χ4n) is 4.02. The van der Waals surface area contributed by atoms with Crippen LogP contribution in [-0.2, 0) is 25.5 Å². The van der Waals surface area contributed by atoms with Crippen molar-refractivity contribution in [3.05, 3.63) is 48.3 Å². The number of rotatable bonds is 7. The highest BCUT2D eigenvalue weighted by Gasteiger charge is 2.51. The summed E-state index contributed by atoms with van der Waals surface area (Å²) in [7, 11) is 1.53. The van der Waals surface area contributed by atoms with Crippen molar-refractivity contribution in [1.29, 1.82) is 0 Å². The molecule has 0 spiro atoms. The van der Waals surface area contributed by atoms with Gasteiger partial charge >= 0.3 is 5.97 Å². The molecule has 3 rings (SSSR count). The van der Waals surface area contributed by atoms with E-state index in [1.807, 2.05) is 12.1 Å². The minimum absolute atomic E-state index is 0.0419. The van der Waals surface area contributed by atoms with Crippen molar-refractivity contribution >= 4 is 11.8 Å². The van der Waals surface area contributed by atoms with Crippen molar-refractivity contribution in [3.63, 3.8) is 0 Å². The van der Waals surface area contributed by atoms with Crippen molar-refractivity contribution in [2.24, 2.45) is 11.8 Å². The van der Waals surface area contributed by atoms with Gasteiger partial charge in [0.15, 0.2) is 24.1 Å². The molecule has 1 heterocycles. The van der Waals surface area contributed by atoms with E-state index in [2.05, 4.69) is 13.5 Å². The lowest BCUT2D eigenvalue weighted by molar-refractivity contribution is -0.132. The van der Waals surface area contributed by atoms with Crippen LogP contribution >= 0.6 is 0 Å². The third-order valence-electron chi connectivity index (χ3n) is 5.44. The van der Waals surface area contributed by atoms with Gasteiger partial charge in [-0.3, -0.25) is 9.59 Å². The molecule has 2 aliphatic rings. The van der Waals surface area contributed by atoms with Crippen LogP contribution < -0.4 is 9.47 Å². The number of esters is 1. The molecule has 1 fully saturated rings. The number of hydrogen-bond donors (Lipinski definition) is 0.